The number of hydrogen-bond acceptors (Lipinski definition) is 12. The number of aromatic nitrogens is 4. The second-order valence-electron chi connectivity index (χ2n) is 22.4. The number of thiazole rings is 1. The van der Waals surface area contributed by atoms with Crippen molar-refractivity contribution >= 4 is 67.1 Å². The Morgan fingerprint density at radius 1 is 0.842 bits per heavy atom. The van der Waals surface area contributed by atoms with Crippen molar-refractivity contribution in [3.8, 4) is 16.9 Å². The lowest BCUT2D eigenvalue weighted by atomic mass is 9.84. The molecule has 4 aromatic carbocycles. The van der Waals surface area contributed by atoms with Crippen LogP contribution in [0.2, 0.25) is 0 Å². The van der Waals surface area contributed by atoms with Gasteiger partial charge in [0.2, 0.25) is 11.8 Å². The second-order valence-corrected chi connectivity index (χ2v) is 23.4. The molecule has 3 amide bonds. The lowest BCUT2D eigenvalue weighted by molar-refractivity contribution is -0.134. The lowest BCUT2D eigenvalue weighted by Gasteiger charge is -2.33. The van der Waals surface area contributed by atoms with Crippen molar-refractivity contribution in [2.24, 2.45) is 13.0 Å². The number of rotatable bonds is 13. The molecule has 0 spiro atoms. The first-order valence-electron chi connectivity index (χ1n) is 27.3. The zero-order valence-electron chi connectivity index (χ0n) is 44.3. The number of benzene rings is 4. The number of anilines is 2. The molecular formula is C61H68N8O6S. The van der Waals surface area contributed by atoms with E-state index in [-0.39, 0.29) is 29.5 Å². The van der Waals surface area contributed by atoms with Crippen molar-refractivity contribution in [3.63, 3.8) is 0 Å². The van der Waals surface area contributed by atoms with Crippen LogP contribution in [0.1, 0.15) is 146 Å². The van der Waals surface area contributed by atoms with E-state index in [1.165, 1.54) is 29.7 Å². The summed E-state index contributed by atoms with van der Waals surface area (Å²) in [5, 5.41) is 11.8. The molecule has 2 saturated heterocycles. The van der Waals surface area contributed by atoms with E-state index in [0.717, 1.165) is 119 Å². The fourth-order valence-electron chi connectivity index (χ4n) is 12.0. The van der Waals surface area contributed by atoms with Crippen LogP contribution in [0, 0.1) is 12.8 Å². The fourth-order valence-corrected chi connectivity index (χ4v) is 12.9. The zero-order valence-corrected chi connectivity index (χ0v) is 45.1. The number of amides is 3. The molecule has 3 aromatic heterocycles. The Kier molecular flexibility index (Phi) is 14.5. The topological polar surface area (TPSA) is 161 Å². The third-order valence-corrected chi connectivity index (χ3v) is 17.1. The van der Waals surface area contributed by atoms with Gasteiger partial charge >= 0.3 is 5.97 Å². The number of piperidine rings is 2. The maximum Gasteiger partial charge on any atom is 0.358 e. The van der Waals surface area contributed by atoms with E-state index < -0.39 is 17.5 Å². The lowest BCUT2D eigenvalue weighted by Crippen LogP contribution is -2.39. The third-order valence-electron chi connectivity index (χ3n) is 16.1. The quantitative estimate of drug-likeness (QED) is 0.0835. The second kappa shape index (κ2) is 21.6. The number of carbonyl (C=O) groups is 4. The summed E-state index contributed by atoms with van der Waals surface area (Å²) in [5.41, 5.74) is 8.68. The summed E-state index contributed by atoms with van der Waals surface area (Å²) in [6.07, 6.45) is 10.7. The van der Waals surface area contributed by atoms with Gasteiger partial charge in [0.1, 0.15) is 17.2 Å². The van der Waals surface area contributed by atoms with Crippen LogP contribution in [-0.4, -0.2) is 86.2 Å². The standard InChI is InChI=1S/C61H68N8O6S/c1-37-43(44-24-26-53(63-56(44)59(73)75-61(2,3)4)69-34-30-40-12-8-14-45(48(40)36-69)57(71)65-60-62-49-15-6-7-17-52(49)76-60)13-9-16-51(37)74-42-21-18-38(19-22-42)11-10-31-68-32-28-39(29-33-68)41-20-23-46-50(35-41)67(5)66-55(46)47-25-27-54(70)64-58(47)72/h6-9,12-17,20,23-24,26,35,38-39,42,47H,10-11,18-19,21-22,25,27-34,36H2,1-5H3,(H,62,65,71)(H,64,70,72). The molecule has 394 valence electrons. The number of aryl methyl sites for hydroxylation is 1. The van der Waals surface area contributed by atoms with Gasteiger partial charge in [-0.3, -0.25) is 29.7 Å². The van der Waals surface area contributed by atoms with Gasteiger partial charge in [-0.15, -0.1) is 0 Å². The van der Waals surface area contributed by atoms with Gasteiger partial charge < -0.3 is 19.3 Å². The van der Waals surface area contributed by atoms with Crippen LogP contribution in [0.15, 0.2) is 91.0 Å². The van der Waals surface area contributed by atoms with E-state index in [4.69, 9.17) is 19.6 Å². The first kappa shape index (κ1) is 51.2. The summed E-state index contributed by atoms with van der Waals surface area (Å²) in [4.78, 5) is 66.8. The van der Waals surface area contributed by atoms with E-state index >= 15 is 0 Å². The Labute approximate surface area is 448 Å². The smallest absolute Gasteiger partial charge is 0.358 e. The number of para-hydroxylation sites is 1. The highest BCUT2D eigenvalue weighted by atomic mass is 32.1. The number of nitrogens with zero attached hydrogens (tertiary/aromatic N) is 6. The number of esters is 1. The molecule has 11 rings (SSSR count). The molecule has 1 aliphatic carbocycles. The van der Waals surface area contributed by atoms with Crippen LogP contribution in [-0.2, 0) is 34.3 Å². The minimum Gasteiger partial charge on any atom is -0.490 e. The molecule has 3 aliphatic heterocycles. The molecule has 0 radical (unpaired) electrons. The normalized spacial score (nSPS) is 19.6. The van der Waals surface area contributed by atoms with Gasteiger partial charge in [-0.1, -0.05) is 59.9 Å². The van der Waals surface area contributed by atoms with Crippen LogP contribution in [0.25, 0.3) is 32.2 Å². The van der Waals surface area contributed by atoms with Gasteiger partial charge in [-0.05, 0) is 194 Å². The Morgan fingerprint density at radius 3 is 2.43 bits per heavy atom. The molecule has 4 aliphatic rings. The van der Waals surface area contributed by atoms with Crippen molar-refractivity contribution in [1.82, 2.24) is 30.0 Å². The highest BCUT2D eigenvalue weighted by Gasteiger charge is 2.33. The average Bonchev–Trinajstić information content (AvgIpc) is 4.02. The van der Waals surface area contributed by atoms with Crippen LogP contribution in [0.5, 0.6) is 5.75 Å². The molecule has 1 unspecified atom stereocenters. The summed E-state index contributed by atoms with van der Waals surface area (Å²) in [5.74, 6) is 1.12. The number of likely N-dealkylation sites (tertiary alicyclic amines) is 1. The number of imide groups is 1. The van der Waals surface area contributed by atoms with E-state index in [9.17, 15) is 19.2 Å². The molecule has 15 heteroatoms. The number of fused-ring (bicyclic) bond motifs is 3. The van der Waals surface area contributed by atoms with Crippen molar-refractivity contribution in [2.75, 3.05) is 36.4 Å². The average molecular weight is 1040 g/mol. The number of hydrogen-bond donors (Lipinski definition) is 2. The van der Waals surface area contributed by atoms with Gasteiger partial charge in [0.05, 0.1) is 33.4 Å². The third kappa shape index (κ3) is 11.0. The predicted molar refractivity (Wildman–Crippen MR) is 298 cm³/mol. The highest BCUT2D eigenvalue weighted by molar-refractivity contribution is 7.22. The molecule has 1 saturated carbocycles. The number of nitrogens with one attached hydrogen (secondary N) is 2. The Balaban J connectivity index is 0.692. The molecule has 76 heavy (non-hydrogen) atoms. The predicted octanol–water partition coefficient (Wildman–Crippen LogP) is 11.4. The Hall–Kier alpha value is -6.97. The summed E-state index contributed by atoms with van der Waals surface area (Å²) in [6, 6.07) is 30.4. The van der Waals surface area contributed by atoms with Crippen LogP contribution in [0.3, 0.4) is 0 Å². The maximum absolute atomic E-state index is 14.1. The van der Waals surface area contributed by atoms with E-state index in [0.29, 0.717) is 59.8 Å². The molecule has 7 aromatic rings. The SMILES string of the molecule is Cc1c(OC2CCC(CCCN3CCC(c4ccc5c(C6CCC(=O)NC6=O)nn(C)c5c4)CC3)CC2)cccc1-c1ccc(N2CCc3cccc(C(=O)Nc4nc5ccccc5s4)c3C2)nc1C(=O)OC(C)(C)C. The zero-order chi connectivity index (χ0) is 52.7. The van der Waals surface area contributed by atoms with Crippen molar-refractivity contribution in [2.45, 2.75) is 128 Å². The molecule has 0 bridgehead atoms. The van der Waals surface area contributed by atoms with Crippen LogP contribution in [0.4, 0.5) is 10.9 Å². The molecule has 2 N–H and O–H groups in total. The first-order chi connectivity index (χ1) is 36.7. The van der Waals surface area contributed by atoms with Crippen molar-refractivity contribution in [1.29, 1.82) is 0 Å². The monoisotopic (exact) mass is 1040 g/mol. The fraction of sp³-hybridized carbons (Fsp3) is 0.426. The molecule has 3 fully saturated rings. The molecule has 1 atom stereocenters. The Morgan fingerprint density at radius 2 is 1.64 bits per heavy atom. The van der Waals surface area contributed by atoms with Gasteiger partial charge in [0, 0.05) is 43.1 Å². The maximum atomic E-state index is 14.1. The molecule has 6 heterocycles. The minimum atomic E-state index is -0.730. The van der Waals surface area contributed by atoms with Gasteiger partial charge in [-0.25, -0.2) is 14.8 Å². The van der Waals surface area contributed by atoms with Gasteiger partial charge in [0.25, 0.3) is 5.91 Å². The number of carbonyl (C=O) groups excluding carboxylic acids is 4. The van der Waals surface area contributed by atoms with Crippen molar-refractivity contribution in [3.05, 3.63) is 130 Å². The Bertz CT molecular complexity index is 3310. The summed E-state index contributed by atoms with van der Waals surface area (Å²) in [7, 11) is 1.94. The number of ether oxygens (including phenoxy) is 2. The van der Waals surface area contributed by atoms with Gasteiger partial charge in [-0.2, -0.15) is 5.10 Å². The van der Waals surface area contributed by atoms with Crippen LogP contribution < -0.4 is 20.3 Å². The van der Waals surface area contributed by atoms with E-state index in [1.54, 1.807) is 0 Å². The summed E-state index contributed by atoms with van der Waals surface area (Å²) < 4.78 is 15.7. The minimum absolute atomic E-state index is 0.125. The van der Waals surface area contributed by atoms with E-state index in [1.807, 2.05) is 99.2 Å². The molecule has 14 nitrogen and oxygen atoms in total. The van der Waals surface area contributed by atoms with Crippen molar-refractivity contribution < 1.29 is 28.7 Å². The largest absolute Gasteiger partial charge is 0.490 e. The van der Waals surface area contributed by atoms with Gasteiger partial charge in [0.15, 0.2) is 10.8 Å². The highest BCUT2D eigenvalue weighted by Crippen LogP contribution is 2.39. The summed E-state index contributed by atoms with van der Waals surface area (Å²) in [6.45, 7) is 12.1. The molecular weight excluding hydrogens is 973 g/mol. The number of pyridine rings is 1. The van der Waals surface area contributed by atoms with Crippen LogP contribution >= 0.6 is 11.3 Å². The van der Waals surface area contributed by atoms with E-state index in [2.05, 4.69) is 56.6 Å². The first-order valence-corrected chi connectivity index (χ1v) is 28.1. The summed E-state index contributed by atoms with van der Waals surface area (Å²) >= 11 is 1.45.